The van der Waals surface area contributed by atoms with Crippen molar-refractivity contribution >= 4 is 5.82 Å². The molecule has 0 bridgehead atoms. The van der Waals surface area contributed by atoms with E-state index in [-0.39, 0.29) is 0 Å². The topological polar surface area (TPSA) is 63.8 Å². The van der Waals surface area contributed by atoms with Crippen molar-refractivity contribution in [1.29, 1.82) is 0 Å². The van der Waals surface area contributed by atoms with Crippen molar-refractivity contribution in [3.8, 4) is 0 Å². The van der Waals surface area contributed by atoms with E-state index in [0.29, 0.717) is 6.54 Å². The van der Waals surface area contributed by atoms with Crippen LogP contribution in [0, 0.1) is 6.92 Å². The third-order valence-corrected chi connectivity index (χ3v) is 2.99. The van der Waals surface area contributed by atoms with Gasteiger partial charge in [0, 0.05) is 24.8 Å². The lowest BCUT2D eigenvalue weighted by atomic mass is 10.1. The SMILES string of the molecule is CCc1cc(NCc2ccc(CN)cc2)nc(C)n1. The van der Waals surface area contributed by atoms with E-state index >= 15 is 0 Å². The van der Waals surface area contributed by atoms with Crippen LogP contribution in [0.1, 0.15) is 29.6 Å². The number of nitrogens with two attached hydrogens (primary N) is 1. The Kier molecular flexibility index (Phi) is 4.47. The van der Waals surface area contributed by atoms with Gasteiger partial charge in [-0.3, -0.25) is 0 Å². The molecule has 0 amide bonds. The fourth-order valence-electron chi connectivity index (χ4n) is 1.89. The molecule has 0 aliphatic rings. The number of benzene rings is 1. The van der Waals surface area contributed by atoms with Crippen LogP contribution in [-0.4, -0.2) is 9.97 Å². The molecule has 19 heavy (non-hydrogen) atoms. The molecule has 0 aliphatic heterocycles. The molecule has 0 saturated carbocycles. The molecule has 0 saturated heterocycles. The molecule has 4 heteroatoms. The van der Waals surface area contributed by atoms with Crippen LogP contribution in [-0.2, 0) is 19.5 Å². The van der Waals surface area contributed by atoms with Crippen molar-refractivity contribution in [2.75, 3.05) is 5.32 Å². The van der Waals surface area contributed by atoms with E-state index in [4.69, 9.17) is 5.73 Å². The van der Waals surface area contributed by atoms with Crippen molar-refractivity contribution in [3.05, 3.63) is 53.0 Å². The van der Waals surface area contributed by atoms with Crippen LogP contribution in [0.15, 0.2) is 30.3 Å². The summed E-state index contributed by atoms with van der Waals surface area (Å²) in [4.78, 5) is 8.75. The molecular formula is C15H20N4. The third-order valence-electron chi connectivity index (χ3n) is 2.99. The molecule has 1 aromatic carbocycles. The summed E-state index contributed by atoms with van der Waals surface area (Å²) in [6.45, 7) is 5.35. The van der Waals surface area contributed by atoms with Gasteiger partial charge in [0.2, 0.25) is 0 Å². The largest absolute Gasteiger partial charge is 0.366 e. The van der Waals surface area contributed by atoms with Gasteiger partial charge in [-0.05, 0) is 24.5 Å². The van der Waals surface area contributed by atoms with Gasteiger partial charge >= 0.3 is 0 Å². The maximum absolute atomic E-state index is 5.58. The van der Waals surface area contributed by atoms with E-state index < -0.39 is 0 Å². The zero-order valence-corrected chi connectivity index (χ0v) is 11.5. The minimum absolute atomic E-state index is 0.582. The summed E-state index contributed by atoms with van der Waals surface area (Å²) >= 11 is 0. The fourth-order valence-corrected chi connectivity index (χ4v) is 1.89. The molecule has 0 atom stereocenters. The van der Waals surface area contributed by atoms with E-state index in [1.54, 1.807) is 0 Å². The Bertz CT molecular complexity index is 534. The first-order valence-electron chi connectivity index (χ1n) is 6.57. The van der Waals surface area contributed by atoms with Crippen molar-refractivity contribution in [1.82, 2.24) is 9.97 Å². The summed E-state index contributed by atoms with van der Waals surface area (Å²) in [5.41, 5.74) is 9.01. The number of anilines is 1. The number of aromatic nitrogens is 2. The highest BCUT2D eigenvalue weighted by Crippen LogP contribution is 2.10. The summed E-state index contributed by atoms with van der Waals surface area (Å²) in [6, 6.07) is 10.3. The van der Waals surface area contributed by atoms with Crippen LogP contribution in [0.4, 0.5) is 5.82 Å². The van der Waals surface area contributed by atoms with Crippen LogP contribution in [0.5, 0.6) is 0 Å². The normalized spacial score (nSPS) is 10.5. The fraction of sp³-hybridized carbons (Fsp3) is 0.333. The Morgan fingerprint density at radius 2 is 1.79 bits per heavy atom. The summed E-state index contributed by atoms with van der Waals surface area (Å²) in [7, 11) is 0. The number of hydrogen-bond donors (Lipinski definition) is 2. The van der Waals surface area contributed by atoms with Gasteiger partial charge in [0.25, 0.3) is 0 Å². The highest BCUT2D eigenvalue weighted by atomic mass is 15.0. The number of rotatable bonds is 5. The molecule has 0 spiro atoms. The molecule has 3 N–H and O–H groups in total. The van der Waals surface area contributed by atoms with Gasteiger partial charge < -0.3 is 11.1 Å². The van der Waals surface area contributed by atoms with Gasteiger partial charge in [-0.25, -0.2) is 9.97 Å². The van der Waals surface area contributed by atoms with E-state index in [0.717, 1.165) is 35.9 Å². The Balaban J connectivity index is 2.03. The quantitative estimate of drug-likeness (QED) is 0.862. The second kappa shape index (κ2) is 6.29. The standard InChI is InChI=1S/C15H20N4/c1-3-14-8-15(19-11(2)18-14)17-10-13-6-4-12(9-16)5-7-13/h4-8H,3,9-10,16H2,1-2H3,(H,17,18,19). The first-order valence-corrected chi connectivity index (χ1v) is 6.57. The van der Waals surface area contributed by atoms with Crippen LogP contribution in [0.2, 0.25) is 0 Å². The lowest BCUT2D eigenvalue weighted by Crippen LogP contribution is -2.05. The monoisotopic (exact) mass is 256 g/mol. The number of hydrogen-bond acceptors (Lipinski definition) is 4. The molecule has 0 aliphatic carbocycles. The summed E-state index contributed by atoms with van der Waals surface area (Å²) in [5, 5.41) is 3.33. The minimum atomic E-state index is 0.582. The second-order valence-electron chi connectivity index (χ2n) is 4.52. The maximum atomic E-state index is 5.58. The average Bonchev–Trinajstić information content (AvgIpc) is 2.45. The molecule has 1 aromatic heterocycles. The molecule has 100 valence electrons. The molecule has 2 aromatic rings. The zero-order chi connectivity index (χ0) is 13.7. The van der Waals surface area contributed by atoms with Crippen molar-refractivity contribution in [2.24, 2.45) is 5.73 Å². The Hall–Kier alpha value is -1.94. The van der Waals surface area contributed by atoms with Crippen LogP contribution < -0.4 is 11.1 Å². The van der Waals surface area contributed by atoms with Crippen molar-refractivity contribution < 1.29 is 0 Å². The molecule has 4 nitrogen and oxygen atoms in total. The third kappa shape index (κ3) is 3.76. The van der Waals surface area contributed by atoms with E-state index in [1.807, 2.05) is 13.0 Å². The van der Waals surface area contributed by atoms with Gasteiger partial charge in [-0.15, -0.1) is 0 Å². The lowest BCUT2D eigenvalue weighted by Gasteiger charge is -2.08. The molecular weight excluding hydrogens is 236 g/mol. The smallest absolute Gasteiger partial charge is 0.130 e. The Morgan fingerprint density at radius 3 is 2.42 bits per heavy atom. The predicted octanol–water partition coefficient (Wildman–Crippen LogP) is 2.42. The van der Waals surface area contributed by atoms with Crippen molar-refractivity contribution in [3.63, 3.8) is 0 Å². The molecule has 0 unspecified atom stereocenters. The van der Waals surface area contributed by atoms with Gasteiger partial charge in [0.05, 0.1) is 0 Å². The Morgan fingerprint density at radius 1 is 1.11 bits per heavy atom. The summed E-state index contributed by atoms with van der Waals surface area (Å²) in [6.07, 6.45) is 0.920. The molecule has 0 radical (unpaired) electrons. The number of aryl methyl sites for hydroxylation is 2. The summed E-state index contributed by atoms with van der Waals surface area (Å²) < 4.78 is 0. The molecule has 1 heterocycles. The number of nitrogens with one attached hydrogen (secondary N) is 1. The van der Waals surface area contributed by atoms with Gasteiger partial charge in [-0.2, -0.15) is 0 Å². The van der Waals surface area contributed by atoms with Gasteiger partial charge in [0.1, 0.15) is 11.6 Å². The van der Waals surface area contributed by atoms with Gasteiger partial charge in [0.15, 0.2) is 0 Å². The Labute approximate surface area is 114 Å². The minimum Gasteiger partial charge on any atom is -0.366 e. The van der Waals surface area contributed by atoms with Crippen LogP contribution >= 0.6 is 0 Å². The predicted molar refractivity (Wildman–Crippen MR) is 77.8 cm³/mol. The van der Waals surface area contributed by atoms with E-state index in [2.05, 4.69) is 46.5 Å². The molecule has 2 rings (SSSR count). The zero-order valence-electron chi connectivity index (χ0n) is 11.5. The second-order valence-corrected chi connectivity index (χ2v) is 4.52. The first kappa shape index (κ1) is 13.5. The lowest BCUT2D eigenvalue weighted by molar-refractivity contribution is 0.941. The van der Waals surface area contributed by atoms with Crippen LogP contribution in [0.25, 0.3) is 0 Å². The summed E-state index contributed by atoms with van der Waals surface area (Å²) in [5.74, 6) is 1.69. The maximum Gasteiger partial charge on any atom is 0.130 e. The van der Waals surface area contributed by atoms with E-state index in [1.165, 1.54) is 5.56 Å². The highest BCUT2D eigenvalue weighted by Gasteiger charge is 2.00. The highest BCUT2D eigenvalue weighted by molar-refractivity contribution is 5.37. The van der Waals surface area contributed by atoms with E-state index in [9.17, 15) is 0 Å². The molecule has 0 fully saturated rings. The first-order chi connectivity index (χ1) is 9.21. The van der Waals surface area contributed by atoms with Gasteiger partial charge in [-0.1, -0.05) is 31.2 Å². The average molecular weight is 256 g/mol. The van der Waals surface area contributed by atoms with Crippen molar-refractivity contribution in [2.45, 2.75) is 33.4 Å². The van der Waals surface area contributed by atoms with Crippen LogP contribution in [0.3, 0.4) is 0 Å². The number of nitrogens with zero attached hydrogens (tertiary/aromatic N) is 2.